The van der Waals surface area contributed by atoms with Crippen LogP contribution in [0.5, 0.6) is 0 Å². The van der Waals surface area contributed by atoms with E-state index >= 15 is 0 Å². The fraction of sp³-hybridized carbons (Fsp3) is 0.667. The van der Waals surface area contributed by atoms with Crippen molar-refractivity contribution in [2.75, 3.05) is 6.54 Å². The number of guanidine groups is 1. The topological polar surface area (TPSA) is 137 Å². The van der Waals surface area contributed by atoms with Gasteiger partial charge in [-0.05, 0) is 12.8 Å². The minimum Gasteiger partial charge on any atom is -0.510 e. The van der Waals surface area contributed by atoms with Gasteiger partial charge in [0.1, 0.15) is 6.04 Å². The number of nitrogens with two attached hydrogens (primary N) is 3. The summed E-state index contributed by atoms with van der Waals surface area (Å²) in [6, 6.07) is -0.771. The average Bonchev–Trinajstić information content (AvgIpc) is 2.12. The molecule has 0 aromatic rings. The molecule has 0 heterocycles. The highest BCUT2D eigenvalue weighted by Crippen LogP contribution is 1.96. The molecule has 0 aliphatic carbocycles. The molecular weight excluding hydrogens is 187 g/mol. The van der Waals surface area contributed by atoms with Gasteiger partial charge in [0.25, 0.3) is 0 Å². The first kappa shape index (κ1) is 12.7. The highest BCUT2D eigenvalue weighted by Gasteiger charge is 2.13. The van der Waals surface area contributed by atoms with Crippen LogP contribution < -0.4 is 17.2 Å². The van der Waals surface area contributed by atoms with Gasteiger partial charge in [-0.25, -0.2) is 0 Å². The molecule has 0 aromatic heterocycles. The summed E-state index contributed by atoms with van der Waals surface area (Å²) in [5.41, 5.74) is 15.6. The average molecular weight is 201 g/mol. The lowest BCUT2D eigenvalue weighted by atomic mass is 10.1. The summed E-state index contributed by atoms with van der Waals surface area (Å²) in [6.07, 6.45) is 0.961. The molecule has 0 bridgehead atoms. The van der Waals surface area contributed by atoms with Gasteiger partial charge in [-0.3, -0.25) is 9.79 Å². The van der Waals surface area contributed by atoms with Crippen LogP contribution in [0.4, 0.5) is 0 Å². The largest absolute Gasteiger partial charge is 0.571 e. The molecule has 0 saturated heterocycles. The molecular formula is C6H14BN4O3. The molecule has 1 radical (unpaired) electrons. The smallest absolute Gasteiger partial charge is 0.510 e. The Morgan fingerprint density at radius 3 is 2.71 bits per heavy atom. The molecule has 0 rings (SSSR count). The Bertz CT molecular complexity index is 207. The van der Waals surface area contributed by atoms with Crippen molar-refractivity contribution < 1.29 is 14.5 Å². The number of aliphatic imine (C=N–C) groups is 1. The fourth-order valence-electron chi connectivity index (χ4n) is 0.777. The Morgan fingerprint density at radius 1 is 1.57 bits per heavy atom. The van der Waals surface area contributed by atoms with Crippen LogP contribution in [0.1, 0.15) is 12.8 Å². The number of hydrogen-bond donors (Lipinski definition) is 4. The molecule has 1 atom stereocenters. The Morgan fingerprint density at radius 2 is 2.21 bits per heavy atom. The number of carbonyl (C=O) groups excluding carboxylic acids is 1. The van der Waals surface area contributed by atoms with Crippen molar-refractivity contribution in [2.45, 2.75) is 18.9 Å². The molecule has 14 heavy (non-hydrogen) atoms. The van der Waals surface area contributed by atoms with Gasteiger partial charge in [0.2, 0.25) is 0 Å². The maximum atomic E-state index is 10.8. The van der Waals surface area contributed by atoms with Crippen molar-refractivity contribution in [3.8, 4) is 0 Å². The maximum absolute atomic E-state index is 10.8. The summed E-state index contributed by atoms with van der Waals surface area (Å²) >= 11 is 0. The second-order valence-corrected chi connectivity index (χ2v) is 2.60. The molecule has 79 valence electrons. The Kier molecular flexibility index (Phi) is 6.51. The van der Waals surface area contributed by atoms with Crippen molar-refractivity contribution >= 4 is 19.6 Å². The fourth-order valence-corrected chi connectivity index (χ4v) is 0.777. The van der Waals surface area contributed by atoms with Crippen LogP contribution in [0.3, 0.4) is 0 Å². The van der Waals surface area contributed by atoms with E-state index in [1.165, 1.54) is 0 Å². The number of nitrogens with zero attached hydrogens (tertiary/aromatic N) is 1. The first-order valence-corrected chi connectivity index (χ1v) is 4.05. The summed E-state index contributed by atoms with van der Waals surface area (Å²) in [4.78, 5) is 14.6. The van der Waals surface area contributed by atoms with Gasteiger partial charge in [0.15, 0.2) is 5.96 Å². The number of hydrogen-bond acceptors (Lipinski definition) is 5. The van der Waals surface area contributed by atoms with Crippen LogP contribution in [0.15, 0.2) is 4.99 Å². The second-order valence-electron chi connectivity index (χ2n) is 2.60. The van der Waals surface area contributed by atoms with E-state index in [1.54, 1.807) is 0 Å². The minimum absolute atomic E-state index is 0.00448. The first-order valence-electron chi connectivity index (χ1n) is 4.05. The Balaban J connectivity index is 3.58. The number of rotatable bonds is 6. The zero-order valence-corrected chi connectivity index (χ0v) is 7.72. The first-order chi connectivity index (χ1) is 6.57. The van der Waals surface area contributed by atoms with E-state index in [2.05, 4.69) is 9.65 Å². The van der Waals surface area contributed by atoms with E-state index in [9.17, 15) is 4.79 Å². The molecule has 0 amide bonds. The Hall–Kier alpha value is -1.28. The van der Waals surface area contributed by atoms with Gasteiger partial charge in [-0.15, -0.1) is 0 Å². The summed E-state index contributed by atoms with van der Waals surface area (Å²) in [7, 11) is 0.304. The van der Waals surface area contributed by atoms with Crippen LogP contribution in [-0.2, 0) is 9.45 Å². The van der Waals surface area contributed by atoms with Crippen molar-refractivity contribution in [2.24, 2.45) is 22.2 Å². The minimum atomic E-state index is -0.771. The standard InChI is InChI=1S/C6H14BN4O3/c8-4(5(12)14-7-13)2-1-3-11-6(9)10/h4,13H,1-3,8H2,(H4,9,10,11)/t4-/m0/s1. The molecule has 0 fully saturated rings. The van der Waals surface area contributed by atoms with Crippen LogP contribution >= 0.6 is 0 Å². The quantitative estimate of drug-likeness (QED) is 0.161. The number of carbonyl (C=O) groups is 1. The van der Waals surface area contributed by atoms with E-state index in [0.29, 0.717) is 27.1 Å². The lowest BCUT2D eigenvalue weighted by Gasteiger charge is -2.08. The second kappa shape index (κ2) is 7.16. The van der Waals surface area contributed by atoms with Gasteiger partial charge < -0.3 is 26.9 Å². The van der Waals surface area contributed by atoms with Crippen molar-refractivity contribution in [1.29, 1.82) is 0 Å². The summed E-state index contributed by atoms with van der Waals surface area (Å²) in [5.74, 6) is -0.679. The van der Waals surface area contributed by atoms with Gasteiger partial charge in [-0.2, -0.15) is 0 Å². The third kappa shape index (κ3) is 6.26. The van der Waals surface area contributed by atoms with Gasteiger partial charge >= 0.3 is 13.7 Å². The Labute approximate surface area is 82.6 Å². The monoisotopic (exact) mass is 201 g/mol. The molecule has 0 aliphatic rings. The third-order valence-corrected chi connectivity index (χ3v) is 1.44. The third-order valence-electron chi connectivity index (χ3n) is 1.44. The molecule has 0 spiro atoms. The highest BCUT2D eigenvalue weighted by atomic mass is 16.6. The van der Waals surface area contributed by atoms with E-state index < -0.39 is 12.0 Å². The van der Waals surface area contributed by atoms with E-state index in [4.69, 9.17) is 22.2 Å². The van der Waals surface area contributed by atoms with Crippen molar-refractivity contribution in [1.82, 2.24) is 0 Å². The van der Waals surface area contributed by atoms with Crippen LogP contribution in [-0.4, -0.2) is 37.2 Å². The zero-order valence-electron chi connectivity index (χ0n) is 7.72. The molecule has 0 saturated carbocycles. The van der Waals surface area contributed by atoms with E-state index in [-0.39, 0.29) is 5.96 Å². The molecule has 0 aromatic carbocycles. The summed E-state index contributed by atoms with van der Waals surface area (Å²) in [6.45, 7) is 0.409. The van der Waals surface area contributed by atoms with Gasteiger partial charge in [0.05, 0.1) is 0 Å². The molecule has 7 nitrogen and oxygen atoms in total. The molecule has 0 aliphatic heterocycles. The highest BCUT2D eigenvalue weighted by molar-refractivity contribution is 6.20. The predicted molar refractivity (Wildman–Crippen MR) is 52.0 cm³/mol. The zero-order chi connectivity index (χ0) is 11.0. The summed E-state index contributed by atoms with van der Waals surface area (Å²) < 4.78 is 4.16. The van der Waals surface area contributed by atoms with Crippen LogP contribution in [0.2, 0.25) is 0 Å². The van der Waals surface area contributed by atoms with Gasteiger partial charge in [-0.1, -0.05) is 0 Å². The van der Waals surface area contributed by atoms with Crippen molar-refractivity contribution in [3.63, 3.8) is 0 Å². The van der Waals surface area contributed by atoms with Crippen LogP contribution in [0, 0.1) is 0 Å². The van der Waals surface area contributed by atoms with Gasteiger partial charge in [0, 0.05) is 6.54 Å². The van der Waals surface area contributed by atoms with E-state index in [0.717, 1.165) is 0 Å². The van der Waals surface area contributed by atoms with E-state index in [1.807, 2.05) is 0 Å². The normalized spacial score (nSPS) is 11.6. The SMILES string of the molecule is NC(N)=NCCC[C@H](N)C(=O)O[B]O. The van der Waals surface area contributed by atoms with Crippen LogP contribution in [0.25, 0.3) is 0 Å². The van der Waals surface area contributed by atoms with Crippen molar-refractivity contribution in [3.05, 3.63) is 0 Å². The summed E-state index contributed by atoms with van der Waals surface area (Å²) in [5, 5.41) is 8.15. The molecule has 0 unspecified atom stereocenters. The molecule has 7 N–H and O–H groups in total. The molecule has 8 heteroatoms. The lowest BCUT2D eigenvalue weighted by Crippen LogP contribution is -2.33. The maximum Gasteiger partial charge on any atom is 0.571 e. The lowest BCUT2D eigenvalue weighted by molar-refractivity contribution is -0.136. The predicted octanol–water partition coefficient (Wildman–Crippen LogP) is -2.56.